The molecule has 8 heteroatoms. The second kappa shape index (κ2) is 5.06. The van der Waals surface area contributed by atoms with Crippen molar-refractivity contribution in [1.29, 1.82) is 0 Å². The molecule has 1 aromatic heterocycles. The summed E-state index contributed by atoms with van der Waals surface area (Å²) in [5, 5.41) is 3.70. The molecule has 0 atom stereocenters. The van der Waals surface area contributed by atoms with Crippen LogP contribution in [0.15, 0.2) is 4.52 Å². The predicted molar refractivity (Wildman–Crippen MR) is 77.7 cm³/mol. The van der Waals surface area contributed by atoms with Gasteiger partial charge in [0.15, 0.2) is 5.69 Å². The molecule has 2 aliphatic heterocycles. The summed E-state index contributed by atoms with van der Waals surface area (Å²) in [5.41, 5.74) is 0.958. The summed E-state index contributed by atoms with van der Waals surface area (Å²) in [7, 11) is -3.23. The zero-order valence-electron chi connectivity index (χ0n) is 12.3. The second-order valence-electron chi connectivity index (χ2n) is 6.26. The van der Waals surface area contributed by atoms with Crippen LogP contribution in [-0.4, -0.2) is 53.6 Å². The van der Waals surface area contributed by atoms with Gasteiger partial charge in [-0.05, 0) is 25.7 Å². The highest BCUT2D eigenvalue weighted by molar-refractivity contribution is 7.90. The topological polar surface area (TPSA) is 83.7 Å². The molecule has 1 saturated carbocycles. The molecule has 1 aliphatic carbocycles. The molecule has 1 amide bonds. The molecule has 0 spiro atoms. The van der Waals surface area contributed by atoms with E-state index in [1.165, 1.54) is 4.31 Å². The summed E-state index contributed by atoms with van der Waals surface area (Å²) in [6.45, 7) is 2.11. The van der Waals surface area contributed by atoms with Gasteiger partial charge >= 0.3 is 0 Å². The highest BCUT2D eigenvalue weighted by Gasteiger charge is 2.42. The molecule has 0 unspecified atom stereocenters. The number of fused-ring (bicyclic) bond motifs is 1. The minimum atomic E-state index is -3.23. The first-order chi connectivity index (χ1) is 10.6. The Morgan fingerprint density at radius 2 is 1.91 bits per heavy atom. The number of rotatable bonds is 3. The fourth-order valence-corrected chi connectivity index (χ4v) is 5.02. The number of carbonyl (C=O) groups is 1. The van der Waals surface area contributed by atoms with Crippen LogP contribution in [0, 0.1) is 0 Å². The summed E-state index contributed by atoms with van der Waals surface area (Å²) in [4.78, 5) is 14.3. The molecular weight excluding hydrogens is 306 g/mol. The Labute approximate surface area is 129 Å². The van der Waals surface area contributed by atoms with Gasteiger partial charge in [-0.2, -0.15) is 4.31 Å². The van der Waals surface area contributed by atoms with Crippen molar-refractivity contribution in [2.75, 3.05) is 19.6 Å². The van der Waals surface area contributed by atoms with Gasteiger partial charge in [0.1, 0.15) is 5.76 Å². The summed E-state index contributed by atoms with van der Waals surface area (Å²) in [5.74, 6) is 0.526. The average Bonchev–Trinajstić information content (AvgIpc) is 3.09. The molecule has 3 heterocycles. The first-order valence-corrected chi connectivity index (χ1v) is 9.33. The Morgan fingerprint density at radius 3 is 2.59 bits per heavy atom. The summed E-state index contributed by atoms with van der Waals surface area (Å²) in [6.07, 6.45) is 3.99. The Morgan fingerprint density at radius 1 is 1.18 bits per heavy atom. The van der Waals surface area contributed by atoms with E-state index in [0.717, 1.165) is 38.8 Å². The van der Waals surface area contributed by atoms with Gasteiger partial charge in [0.2, 0.25) is 10.0 Å². The van der Waals surface area contributed by atoms with Crippen LogP contribution in [0.3, 0.4) is 0 Å². The summed E-state index contributed by atoms with van der Waals surface area (Å²) >= 11 is 0. The smallest absolute Gasteiger partial charge is 0.276 e. The van der Waals surface area contributed by atoms with Gasteiger partial charge in [0.25, 0.3) is 5.91 Å². The number of hydrogen-bond donors (Lipinski definition) is 0. The minimum Gasteiger partial charge on any atom is -0.360 e. The highest BCUT2D eigenvalue weighted by Crippen LogP contribution is 2.34. The van der Waals surface area contributed by atoms with E-state index in [-0.39, 0.29) is 17.7 Å². The van der Waals surface area contributed by atoms with E-state index in [1.54, 1.807) is 4.90 Å². The largest absolute Gasteiger partial charge is 0.360 e. The van der Waals surface area contributed by atoms with Gasteiger partial charge in [-0.25, -0.2) is 8.42 Å². The molecule has 3 aliphatic rings. The van der Waals surface area contributed by atoms with E-state index < -0.39 is 10.0 Å². The van der Waals surface area contributed by atoms with Crippen molar-refractivity contribution in [1.82, 2.24) is 14.4 Å². The second-order valence-corrected chi connectivity index (χ2v) is 8.47. The first-order valence-electron chi connectivity index (χ1n) is 7.83. The zero-order chi connectivity index (χ0) is 15.3. The Balaban J connectivity index is 1.60. The molecule has 4 rings (SSSR count). The van der Waals surface area contributed by atoms with Gasteiger partial charge in [-0.1, -0.05) is 5.16 Å². The third-order valence-corrected chi connectivity index (χ3v) is 7.04. The maximum Gasteiger partial charge on any atom is 0.276 e. The van der Waals surface area contributed by atoms with Crippen molar-refractivity contribution < 1.29 is 17.7 Å². The van der Waals surface area contributed by atoms with E-state index in [1.807, 2.05) is 0 Å². The normalized spacial score (nSPS) is 22.8. The van der Waals surface area contributed by atoms with E-state index >= 15 is 0 Å². The molecule has 2 fully saturated rings. The molecule has 22 heavy (non-hydrogen) atoms. The number of carbonyl (C=O) groups excluding carboxylic acids is 1. The maximum absolute atomic E-state index is 12.5. The third-order valence-electron chi connectivity index (χ3n) is 4.69. The number of hydrogen-bond acceptors (Lipinski definition) is 5. The highest BCUT2D eigenvalue weighted by atomic mass is 32.2. The average molecular weight is 325 g/mol. The van der Waals surface area contributed by atoms with Crippen LogP contribution in [0.2, 0.25) is 0 Å². The lowest BCUT2D eigenvalue weighted by Crippen LogP contribution is -2.38. The maximum atomic E-state index is 12.5. The van der Waals surface area contributed by atoms with Gasteiger partial charge in [-0.3, -0.25) is 4.79 Å². The van der Waals surface area contributed by atoms with Crippen LogP contribution in [0.5, 0.6) is 0 Å². The molecule has 0 radical (unpaired) electrons. The fraction of sp³-hybridized carbons (Fsp3) is 0.714. The number of sulfonamides is 1. The standard InChI is InChI=1S/C14H19N3O4S/c18-14(16-6-1-2-7-16)13-11-9-17(8-5-12(11)21-15-13)22(19,20)10-3-4-10/h10H,1-9H2. The van der Waals surface area contributed by atoms with Crippen molar-refractivity contribution in [2.45, 2.75) is 43.9 Å². The van der Waals surface area contributed by atoms with Gasteiger partial charge < -0.3 is 9.42 Å². The van der Waals surface area contributed by atoms with Crippen molar-refractivity contribution in [2.24, 2.45) is 0 Å². The SMILES string of the molecule is O=C(c1noc2c1CN(S(=O)(=O)C1CC1)CC2)N1CCCC1. The lowest BCUT2D eigenvalue weighted by Gasteiger charge is -2.25. The Hall–Kier alpha value is -1.41. The molecule has 1 saturated heterocycles. The molecule has 0 bridgehead atoms. The van der Waals surface area contributed by atoms with Crippen molar-refractivity contribution in [3.8, 4) is 0 Å². The van der Waals surface area contributed by atoms with E-state index in [0.29, 0.717) is 30.0 Å². The summed E-state index contributed by atoms with van der Waals surface area (Å²) in [6, 6.07) is 0. The minimum absolute atomic E-state index is 0.131. The quantitative estimate of drug-likeness (QED) is 0.819. The molecule has 1 aromatic rings. The van der Waals surface area contributed by atoms with E-state index in [9.17, 15) is 13.2 Å². The third kappa shape index (κ3) is 2.25. The Kier molecular flexibility index (Phi) is 3.26. The van der Waals surface area contributed by atoms with Crippen LogP contribution in [-0.2, 0) is 23.0 Å². The van der Waals surface area contributed by atoms with Crippen LogP contribution in [0.1, 0.15) is 47.5 Å². The van der Waals surface area contributed by atoms with Crippen molar-refractivity contribution in [3.05, 3.63) is 17.0 Å². The van der Waals surface area contributed by atoms with Crippen LogP contribution < -0.4 is 0 Å². The number of likely N-dealkylation sites (tertiary alicyclic amines) is 1. The van der Waals surface area contributed by atoms with Crippen molar-refractivity contribution in [3.63, 3.8) is 0 Å². The van der Waals surface area contributed by atoms with Crippen molar-refractivity contribution >= 4 is 15.9 Å². The Bertz CT molecular complexity index is 702. The van der Waals surface area contributed by atoms with Crippen LogP contribution >= 0.6 is 0 Å². The molecule has 0 aromatic carbocycles. The van der Waals surface area contributed by atoms with Gasteiger partial charge in [0.05, 0.1) is 5.25 Å². The lowest BCUT2D eigenvalue weighted by atomic mass is 10.1. The zero-order valence-corrected chi connectivity index (χ0v) is 13.1. The molecule has 120 valence electrons. The summed E-state index contributed by atoms with van der Waals surface area (Å²) < 4.78 is 31.6. The first kappa shape index (κ1) is 14.2. The number of amides is 1. The van der Waals surface area contributed by atoms with Crippen LogP contribution in [0.25, 0.3) is 0 Å². The monoisotopic (exact) mass is 325 g/mol. The van der Waals surface area contributed by atoms with E-state index in [2.05, 4.69) is 5.16 Å². The number of aromatic nitrogens is 1. The predicted octanol–water partition coefficient (Wildman–Crippen LogP) is 0.761. The van der Waals surface area contributed by atoms with Crippen LogP contribution in [0.4, 0.5) is 0 Å². The lowest BCUT2D eigenvalue weighted by molar-refractivity contribution is 0.0781. The fourth-order valence-electron chi connectivity index (χ4n) is 3.22. The number of nitrogens with zero attached hydrogens (tertiary/aromatic N) is 3. The van der Waals surface area contributed by atoms with E-state index in [4.69, 9.17) is 4.52 Å². The molecular formula is C14H19N3O4S. The van der Waals surface area contributed by atoms with Gasteiger partial charge in [0, 0.05) is 38.2 Å². The molecule has 0 N–H and O–H groups in total. The van der Waals surface area contributed by atoms with Gasteiger partial charge in [-0.15, -0.1) is 0 Å². The molecule has 7 nitrogen and oxygen atoms in total.